The summed E-state index contributed by atoms with van der Waals surface area (Å²) >= 11 is 0. The van der Waals surface area contributed by atoms with E-state index in [0.29, 0.717) is 0 Å². The van der Waals surface area contributed by atoms with E-state index in [4.69, 9.17) is 4.98 Å². The Kier molecular flexibility index (Phi) is 14.1. The molecular weight excluding hydrogens is 627 g/mol. The van der Waals surface area contributed by atoms with Crippen molar-refractivity contribution in [2.24, 2.45) is 0 Å². The third kappa shape index (κ3) is 8.67. The summed E-state index contributed by atoms with van der Waals surface area (Å²) < 4.78 is 0. The molecule has 0 amide bonds. The normalized spacial score (nSPS) is 12.4. The molecule has 0 saturated heterocycles. The summed E-state index contributed by atoms with van der Waals surface area (Å²) in [4.78, 5) is 5.16. The van der Waals surface area contributed by atoms with Gasteiger partial charge in [-0.3, -0.25) is 0 Å². The van der Waals surface area contributed by atoms with Crippen LogP contribution in [0.3, 0.4) is 0 Å². The molecule has 0 N–H and O–H groups in total. The second-order valence-corrected chi connectivity index (χ2v) is 12.9. The Hall–Kier alpha value is -5.53. The summed E-state index contributed by atoms with van der Waals surface area (Å²) in [6.45, 7) is 22.3. The standard InChI is InChI=1S/C44H37N.C3H6.2C2H6/c1-5-14-39-30(2)44(3,4)41-27-36(23-24-40(39)41)34-20-12-19-33(25-34)35-21-13-22-37(26-35)43-29-38(31-15-8-6-9-16-31)28-42(45-43)32-17-10-7-11-18-32;1-3-2;2*1-2/h5-29H,1-4H3;3H,1H2,2H3;2*1-2H3/b14-5-;;;. The average molecular weight is 682 g/mol. The van der Waals surface area contributed by atoms with E-state index in [0.717, 1.165) is 28.1 Å². The van der Waals surface area contributed by atoms with Crippen LogP contribution in [0.2, 0.25) is 0 Å². The van der Waals surface area contributed by atoms with Crippen LogP contribution in [0.4, 0.5) is 0 Å². The topological polar surface area (TPSA) is 12.9 Å². The van der Waals surface area contributed by atoms with Crippen LogP contribution in [0, 0.1) is 0 Å². The van der Waals surface area contributed by atoms with Gasteiger partial charge in [-0.2, -0.15) is 0 Å². The van der Waals surface area contributed by atoms with Gasteiger partial charge < -0.3 is 0 Å². The van der Waals surface area contributed by atoms with Crippen molar-refractivity contribution in [3.63, 3.8) is 0 Å². The SMILES string of the molecule is C/C=C\C1=C(C)C(C)(C)c2cc(-c3cccc(-c4cccc(-c5cc(-c6ccccc6)cc(-c6ccccc6)n5)c4)c3)ccc21.C=CC.CC.CC. The lowest BCUT2D eigenvalue weighted by Crippen LogP contribution is -2.15. The van der Waals surface area contributed by atoms with Gasteiger partial charge in [0.15, 0.2) is 0 Å². The molecule has 1 heteroatoms. The maximum absolute atomic E-state index is 5.16. The van der Waals surface area contributed by atoms with Crippen molar-refractivity contribution >= 4 is 5.57 Å². The van der Waals surface area contributed by atoms with Crippen LogP contribution in [-0.2, 0) is 5.41 Å². The van der Waals surface area contributed by atoms with Crippen molar-refractivity contribution in [3.8, 4) is 55.9 Å². The van der Waals surface area contributed by atoms with E-state index in [1.54, 1.807) is 6.08 Å². The van der Waals surface area contributed by atoms with Gasteiger partial charge >= 0.3 is 0 Å². The number of nitrogens with zero attached hydrogens (tertiary/aromatic N) is 1. The molecule has 264 valence electrons. The van der Waals surface area contributed by atoms with Crippen molar-refractivity contribution in [3.05, 3.63) is 181 Å². The molecule has 6 aromatic rings. The molecule has 1 heterocycles. The average Bonchev–Trinajstić information content (AvgIpc) is 3.40. The number of benzene rings is 5. The molecule has 0 fully saturated rings. The summed E-state index contributed by atoms with van der Waals surface area (Å²) in [6, 6.07) is 50.1. The first-order chi connectivity index (χ1) is 25.3. The number of hydrogen-bond acceptors (Lipinski definition) is 1. The zero-order chi connectivity index (χ0) is 37.7. The predicted molar refractivity (Wildman–Crippen MR) is 230 cm³/mol. The highest BCUT2D eigenvalue weighted by Crippen LogP contribution is 2.47. The summed E-state index contributed by atoms with van der Waals surface area (Å²) in [5.41, 5.74) is 16.9. The van der Waals surface area contributed by atoms with Gasteiger partial charge in [0.05, 0.1) is 11.4 Å². The van der Waals surface area contributed by atoms with Gasteiger partial charge in [-0.1, -0.05) is 175 Å². The van der Waals surface area contributed by atoms with E-state index in [9.17, 15) is 0 Å². The molecule has 1 aliphatic rings. The number of hydrogen-bond donors (Lipinski definition) is 0. The molecule has 0 spiro atoms. The van der Waals surface area contributed by atoms with Crippen LogP contribution < -0.4 is 0 Å². The fourth-order valence-electron chi connectivity index (χ4n) is 6.57. The van der Waals surface area contributed by atoms with Gasteiger partial charge in [-0.05, 0) is 101 Å². The molecule has 1 aliphatic carbocycles. The van der Waals surface area contributed by atoms with Crippen molar-refractivity contribution in [1.29, 1.82) is 0 Å². The number of allylic oxidation sites excluding steroid dienone is 5. The molecule has 0 unspecified atom stereocenters. The van der Waals surface area contributed by atoms with E-state index in [2.05, 4.69) is 180 Å². The van der Waals surface area contributed by atoms with Crippen LogP contribution in [0.25, 0.3) is 61.5 Å². The minimum Gasteiger partial charge on any atom is -0.248 e. The Morgan fingerprint density at radius 3 is 1.48 bits per heavy atom. The maximum atomic E-state index is 5.16. The van der Waals surface area contributed by atoms with Crippen molar-refractivity contribution < 1.29 is 0 Å². The molecule has 52 heavy (non-hydrogen) atoms. The van der Waals surface area contributed by atoms with Gasteiger partial charge in [0.2, 0.25) is 0 Å². The Bertz CT molecular complexity index is 2070. The second kappa shape index (κ2) is 18.6. The monoisotopic (exact) mass is 681 g/mol. The molecule has 1 nitrogen and oxygen atoms in total. The molecule has 0 aliphatic heterocycles. The summed E-state index contributed by atoms with van der Waals surface area (Å²) in [5, 5.41) is 0. The smallest absolute Gasteiger partial charge is 0.0715 e. The maximum Gasteiger partial charge on any atom is 0.0715 e. The highest BCUT2D eigenvalue weighted by Gasteiger charge is 2.34. The van der Waals surface area contributed by atoms with Crippen LogP contribution in [0.1, 0.15) is 73.4 Å². The van der Waals surface area contributed by atoms with E-state index in [1.807, 2.05) is 40.7 Å². The van der Waals surface area contributed by atoms with E-state index in [1.165, 1.54) is 50.1 Å². The van der Waals surface area contributed by atoms with Gasteiger partial charge in [-0.25, -0.2) is 4.98 Å². The first-order valence-electron chi connectivity index (χ1n) is 18.7. The number of aromatic nitrogens is 1. The van der Waals surface area contributed by atoms with Crippen molar-refractivity contribution in [2.45, 2.75) is 67.7 Å². The Labute approximate surface area is 314 Å². The fourth-order valence-corrected chi connectivity index (χ4v) is 6.57. The lowest BCUT2D eigenvalue weighted by atomic mass is 9.81. The van der Waals surface area contributed by atoms with Crippen LogP contribution in [-0.4, -0.2) is 4.98 Å². The van der Waals surface area contributed by atoms with Gasteiger partial charge in [0.1, 0.15) is 0 Å². The molecule has 1 aromatic heterocycles. The Morgan fingerprint density at radius 2 is 0.942 bits per heavy atom. The minimum atomic E-state index is 0.00597. The Morgan fingerprint density at radius 1 is 0.500 bits per heavy atom. The first kappa shape index (κ1) is 39.3. The first-order valence-corrected chi connectivity index (χ1v) is 18.7. The second-order valence-electron chi connectivity index (χ2n) is 12.9. The van der Waals surface area contributed by atoms with E-state index in [-0.39, 0.29) is 5.41 Å². The predicted octanol–water partition coefficient (Wildman–Crippen LogP) is 15.3. The fraction of sp³-hybridized carbons (Fsp3) is 0.196. The van der Waals surface area contributed by atoms with Gasteiger partial charge in [0.25, 0.3) is 0 Å². The van der Waals surface area contributed by atoms with Crippen LogP contribution in [0.15, 0.2) is 170 Å². The van der Waals surface area contributed by atoms with Crippen molar-refractivity contribution in [2.75, 3.05) is 0 Å². The third-order valence-corrected chi connectivity index (χ3v) is 9.35. The van der Waals surface area contributed by atoms with E-state index < -0.39 is 0 Å². The van der Waals surface area contributed by atoms with Gasteiger partial charge in [0, 0.05) is 16.5 Å². The Balaban J connectivity index is 0.000000810. The molecule has 0 saturated carbocycles. The minimum absolute atomic E-state index is 0.00597. The molecule has 7 rings (SSSR count). The molecule has 0 radical (unpaired) electrons. The van der Waals surface area contributed by atoms with Gasteiger partial charge in [-0.15, -0.1) is 6.58 Å². The number of fused-ring (bicyclic) bond motifs is 1. The van der Waals surface area contributed by atoms with Crippen LogP contribution in [0.5, 0.6) is 0 Å². The summed E-state index contributed by atoms with van der Waals surface area (Å²) in [5.74, 6) is 0. The molecule has 0 bridgehead atoms. The molecule has 5 aromatic carbocycles. The largest absolute Gasteiger partial charge is 0.248 e. The van der Waals surface area contributed by atoms with Crippen LogP contribution >= 0.6 is 0 Å². The van der Waals surface area contributed by atoms with E-state index >= 15 is 0 Å². The lowest BCUT2D eigenvalue weighted by Gasteiger charge is -2.23. The summed E-state index contributed by atoms with van der Waals surface area (Å²) in [7, 11) is 0. The van der Waals surface area contributed by atoms with Crippen molar-refractivity contribution in [1.82, 2.24) is 4.98 Å². The highest BCUT2D eigenvalue weighted by atomic mass is 14.7. The number of rotatable bonds is 6. The number of pyridine rings is 1. The highest BCUT2D eigenvalue weighted by molar-refractivity contribution is 5.88. The zero-order valence-electron chi connectivity index (χ0n) is 32.7. The zero-order valence-corrected chi connectivity index (χ0v) is 32.7. The molecular formula is C51H55N. The summed E-state index contributed by atoms with van der Waals surface area (Å²) in [6.07, 6.45) is 6.15. The lowest BCUT2D eigenvalue weighted by molar-refractivity contribution is 0.639. The third-order valence-electron chi connectivity index (χ3n) is 9.35. The molecule has 0 atom stereocenters. The quantitative estimate of drug-likeness (QED) is 0.159.